The molecule has 2 aromatic rings. The first kappa shape index (κ1) is 15.9. The molecule has 2 rings (SSSR count). The van der Waals surface area contributed by atoms with Gasteiger partial charge in [-0.05, 0) is 42.3 Å². The van der Waals surface area contributed by atoms with Crippen LogP contribution in [0.1, 0.15) is 30.4 Å². The van der Waals surface area contributed by atoms with E-state index in [0.717, 1.165) is 6.07 Å². The van der Waals surface area contributed by atoms with Crippen LogP contribution in [0.15, 0.2) is 42.5 Å². The number of hydrogen-bond acceptors (Lipinski definition) is 3. The molecular formula is C17H16F2O3. The molecule has 2 aromatic carbocycles. The van der Waals surface area contributed by atoms with Crippen molar-refractivity contribution < 1.29 is 23.4 Å². The maximum Gasteiger partial charge on any atom is 0.306 e. The van der Waals surface area contributed by atoms with Gasteiger partial charge in [-0.25, -0.2) is 8.78 Å². The average molecular weight is 306 g/mol. The van der Waals surface area contributed by atoms with Crippen LogP contribution in [0.4, 0.5) is 8.78 Å². The van der Waals surface area contributed by atoms with Crippen molar-refractivity contribution in [2.75, 3.05) is 6.61 Å². The van der Waals surface area contributed by atoms with Crippen LogP contribution in [0, 0.1) is 11.6 Å². The van der Waals surface area contributed by atoms with E-state index in [1.807, 2.05) is 0 Å². The van der Waals surface area contributed by atoms with Crippen LogP contribution in [0.25, 0.3) is 0 Å². The minimum Gasteiger partial charge on any atom is -0.508 e. The first-order valence-electron chi connectivity index (χ1n) is 6.90. The van der Waals surface area contributed by atoms with Crippen LogP contribution < -0.4 is 0 Å². The molecule has 0 amide bonds. The van der Waals surface area contributed by atoms with Gasteiger partial charge in [0.15, 0.2) is 0 Å². The van der Waals surface area contributed by atoms with Gasteiger partial charge in [-0.1, -0.05) is 12.1 Å². The molecule has 0 spiro atoms. The molecule has 0 aromatic heterocycles. The van der Waals surface area contributed by atoms with Gasteiger partial charge in [0, 0.05) is 12.0 Å². The molecule has 1 atom stereocenters. The van der Waals surface area contributed by atoms with Crippen molar-refractivity contribution in [2.24, 2.45) is 0 Å². The van der Waals surface area contributed by atoms with Gasteiger partial charge in [-0.2, -0.15) is 0 Å². The van der Waals surface area contributed by atoms with Gasteiger partial charge in [-0.3, -0.25) is 4.79 Å². The highest BCUT2D eigenvalue weighted by molar-refractivity contribution is 5.71. The monoisotopic (exact) mass is 306 g/mol. The lowest BCUT2D eigenvalue weighted by molar-refractivity contribution is -0.143. The fraction of sp³-hybridized carbons (Fsp3) is 0.235. The predicted octanol–water partition coefficient (Wildman–Crippen LogP) is 3.76. The number of ether oxygens (including phenoxy) is 1. The Morgan fingerprint density at radius 1 is 1.09 bits per heavy atom. The van der Waals surface area contributed by atoms with Gasteiger partial charge < -0.3 is 9.84 Å². The molecule has 0 saturated carbocycles. The molecule has 0 saturated heterocycles. The molecule has 0 unspecified atom stereocenters. The molecule has 1 N–H and O–H groups in total. The largest absolute Gasteiger partial charge is 0.508 e. The third-order valence-corrected chi connectivity index (χ3v) is 3.26. The second-order valence-corrected chi connectivity index (χ2v) is 4.86. The zero-order chi connectivity index (χ0) is 16.1. The lowest BCUT2D eigenvalue weighted by Crippen LogP contribution is -2.12. The highest BCUT2D eigenvalue weighted by atomic mass is 19.1. The van der Waals surface area contributed by atoms with E-state index < -0.39 is 23.5 Å². The number of hydrogen-bond donors (Lipinski definition) is 1. The fourth-order valence-corrected chi connectivity index (χ4v) is 2.30. The van der Waals surface area contributed by atoms with Crippen molar-refractivity contribution >= 4 is 5.97 Å². The fourth-order valence-electron chi connectivity index (χ4n) is 2.30. The summed E-state index contributed by atoms with van der Waals surface area (Å²) in [5, 5.41) is 9.35. The topological polar surface area (TPSA) is 46.5 Å². The number of benzene rings is 2. The van der Waals surface area contributed by atoms with Gasteiger partial charge in [0.1, 0.15) is 17.4 Å². The SMILES string of the molecule is CCOC(=O)C[C@@H](c1ccc(O)cc1)c1cc(F)cc(F)c1. The number of carbonyl (C=O) groups is 1. The summed E-state index contributed by atoms with van der Waals surface area (Å²) in [4.78, 5) is 11.8. The van der Waals surface area contributed by atoms with Gasteiger partial charge in [-0.15, -0.1) is 0 Å². The van der Waals surface area contributed by atoms with E-state index in [0.29, 0.717) is 11.1 Å². The maximum absolute atomic E-state index is 13.5. The molecule has 22 heavy (non-hydrogen) atoms. The molecule has 0 aliphatic rings. The Kier molecular flexibility index (Phi) is 5.09. The summed E-state index contributed by atoms with van der Waals surface area (Å²) in [6.07, 6.45) is -0.0402. The van der Waals surface area contributed by atoms with E-state index in [9.17, 15) is 18.7 Å². The summed E-state index contributed by atoms with van der Waals surface area (Å²) < 4.78 is 31.8. The second-order valence-electron chi connectivity index (χ2n) is 4.86. The number of esters is 1. The lowest BCUT2D eigenvalue weighted by atomic mass is 9.88. The smallest absolute Gasteiger partial charge is 0.306 e. The quantitative estimate of drug-likeness (QED) is 0.856. The number of rotatable bonds is 5. The van der Waals surface area contributed by atoms with Crippen molar-refractivity contribution in [3.05, 3.63) is 65.2 Å². The Morgan fingerprint density at radius 3 is 2.23 bits per heavy atom. The Hall–Kier alpha value is -2.43. The van der Waals surface area contributed by atoms with Crippen LogP contribution in [0.3, 0.4) is 0 Å². The molecule has 5 heteroatoms. The van der Waals surface area contributed by atoms with E-state index in [-0.39, 0.29) is 18.8 Å². The van der Waals surface area contributed by atoms with Gasteiger partial charge >= 0.3 is 5.97 Å². The first-order chi connectivity index (χ1) is 10.5. The molecule has 3 nitrogen and oxygen atoms in total. The normalized spacial score (nSPS) is 12.0. The van der Waals surface area contributed by atoms with E-state index in [1.54, 1.807) is 19.1 Å². The minimum absolute atomic E-state index is 0.0402. The van der Waals surface area contributed by atoms with E-state index in [1.165, 1.54) is 24.3 Å². The van der Waals surface area contributed by atoms with E-state index in [4.69, 9.17) is 4.74 Å². The summed E-state index contributed by atoms with van der Waals surface area (Å²) in [6, 6.07) is 9.32. The van der Waals surface area contributed by atoms with Crippen LogP contribution >= 0.6 is 0 Å². The molecule has 0 radical (unpaired) electrons. The highest BCUT2D eigenvalue weighted by Crippen LogP contribution is 2.30. The minimum atomic E-state index is -0.706. The molecule has 0 aliphatic heterocycles. The zero-order valence-electron chi connectivity index (χ0n) is 12.1. The molecule has 0 fully saturated rings. The van der Waals surface area contributed by atoms with Crippen LogP contribution in [-0.4, -0.2) is 17.7 Å². The van der Waals surface area contributed by atoms with Crippen LogP contribution in [0.5, 0.6) is 5.75 Å². The van der Waals surface area contributed by atoms with Crippen molar-refractivity contribution in [2.45, 2.75) is 19.3 Å². The third-order valence-electron chi connectivity index (χ3n) is 3.26. The van der Waals surface area contributed by atoms with Crippen molar-refractivity contribution in [3.8, 4) is 5.75 Å². The first-order valence-corrected chi connectivity index (χ1v) is 6.90. The van der Waals surface area contributed by atoms with Gasteiger partial charge in [0.2, 0.25) is 0 Å². The number of halogens is 2. The van der Waals surface area contributed by atoms with Crippen molar-refractivity contribution in [1.82, 2.24) is 0 Å². The van der Waals surface area contributed by atoms with Crippen molar-refractivity contribution in [1.29, 1.82) is 0 Å². The maximum atomic E-state index is 13.5. The summed E-state index contributed by atoms with van der Waals surface area (Å²) in [6.45, 7) is 1.92. The average Bonchev–Trinajstić information content (AvgIpc) is 2.45. The third kappa shape index (κ3) is 4.04. The van der Waals surface area contributed by atoms with Crippen LogP contribution in [-0.2, 0) is 9.53 Å². The number of phenols is 1. The zero-order valence-corrected chi connectivity index (χ0v) is 12.1. The Morgan fingerprint density at radius 2 is 1.68 bits per heavy atom. The second kappa shape index (κ2) is 7.02. The van der Waals surface area contributed by atoms with E-state index >= 15 is 0 Å². The highest BCUT2D eigenvalue weighted by Gasteiger charge is 2.20. The Labute approximate surface area is 127 Å². The summed E-state index contributed by atoms with van der Waals surface area (Å²) in [5.41, 5.74) is 1.01. The molecule has 0 heterocycles. The molecular weight excluding hydrogens is 290 g/mol. The Balaban J connectivity index is 2.40. The lowest BCUT2D eigenvalue weighted by Gasteiger charge is -2.17. The molecule has 0 aliphatic carbocycles. The van der Waals surface area contributed by atoms with Gasteiger partial charge in [0.05, 0.1) is 13.0 Å². The summed E-state index contributed by atoms with van der Waals surface area (Å²) >= 11 is 0. The predicted molar refractivity (Wildman–Crippen MR) is 77.6 cm³/mol. The van der Waals surface area contributed by atoms with E-state index in [2.05, 4.69) is 0 Å². The standard InChI is InChI=1S/C17H16F2O3/c1-2-22-17(21)10-16(11-3-5-15(20)6-4-11)12-7-13(18)9-14(19)8-12/h3-9,16,20H,2,10H2,1H3/t16-/m0/s1. The molecule has 0 bridgehead atoms. The van der Waals surface area contributed by atoms with Crippen molar-refractivity contribution in [3.63, 3.8) is 0 Å². The number of aromatic hydroxyl groups is 1. The number of phenolic OH excluding ortho intramolecular Hbond substituents is 1. The summed E-state index contributed by atoms with van der Waals surface area (Å²) in [7, 11) is 0. The van der Waals surface area contributed by atoms with Crippen LogP contribution in [0.2, 0.25) is 0 Å². The van der Waals surface area contributed by atoms with Gasteiger partial charge in [0.25, 0.3) is 0 Å². The molecule has 116 valence electrons. The Bertz CT molecular complexity index is 633. The summed E-state index contributed by atoms with van der Waals surface area (Å²) in [5.74, 6) is -2.34. The number of carbonyl (C=O) groups excluding carboxylic acids is 1.